The van der Waals surface area contributed by atoms with Crippen LogP contribution in [-0.2, 0) is 4.79 Å². The van der Waals surface area contributed by atoms with E-state index < -0.39 is 0 Å². The normalized spacial score (nSPS) is 16.1. The highest BCUT2D eigenvalue weighted by molar-refractivity contribution is 6.30. The maximum Gasteiger partial charge on any atom is 0.240 e. The summed E-state index contributed by atoms with van der Waals surface area (Å²) in [7, 11) is 3.22. The van der Waals surface area contributed by atoms with Gasteiger partial charge >= 0.3 is 0 Å². The average molecular weight is 410 g/mol. The van der Waals surface area contributed by atoms with E-state index in [2.05, 4.69) is 10.1 Å². The smallest absolute Gasteiger partial charge is 0.240 e. The molecule has 2 aromatic carbocycles. The molecular formula is C22H20ClN3O3. The second-order valence-corrected chi connectivity index (χ2v) is 7.12. The highest BCUT2D eigenvalue weighted by atomic mass is 35.5. The summed E-state index contributed by atoms with van der Waals surface area (Å²) in [6.07, 6.45) is 0.544. The average Bonchev–Trinajstić information content (AvgIpc) is 3.18. The number of ether oxygens (including phenoxy) is 2. The maximum absolute atomic E-state index is 12.3. The molecule has 0 N–H and O–H groups in total. The van der Waals surface area contributed by atoms with Crippen LogP contribution in [0.25, 0.3) is 10.9 Å². The van der Waals surface area contributed by atoms with Crippen molar-refractivity contribution >= 4 is 34.1 Å². The molecule has 7 heteroatoms. The van der Waals surface area contributed by atoms with Crippen LogP contribution < -0.4 is 9.47 Å². The van der Waals surface area contributed by atoms with E-state index in [1.165, 1.54) is 11.9 Å². The van der Waals surface area contributed by atoms with Crippen molar-refractivity contribution in [3.63, 3.8) is 0 Å². The Bertz CT molecular complexity index is 1110. The highest BCUT2D eigenvalue weighted by Crippen LogP contribution is 2.38. The van der Waals surface area contributed by atoms with Gasteiger partial charge in [-0.2, -0.15) is 5.10 Å². The van der Waals surface area contributed by atoms with E-state index in [1.54, 1.807) is 14.2 Å². The van der Waals surface area contributed by atoms with Gasteiger partial charge in [-0.15, -0.1) is 0 Å². The quantitative estimate of drug-likeness (QED) is 0.590. The summed E-state index contributed by atoms with van der Waals surface area (Å²) in [6.45, 7) is 1.50. The molecule has 6 nitrogen and oxygen atoms in total. The number of carbonyl (C=O) groups excluding carboxylic acids is 1. The molecule has 2 heterocycles. The van der Waals surface area contributed by atoms with Gasteiger partial charge in [0.05, 0.1) is 26.0 Å². The summed E-state index contributed by atoms with van der Waals surface area (Å²) in [5.41, 5.74) is 3.20. The molecule has 0 radical (unpaired) electrons. The summed E-state index contributed by atoms with van der Waals surface area (Å²) >= 11 is 6.54. The van der Waals surface area contributed by atoms with Crippen LogP contribution in [0.1, 0.15) is 30.5 Å². The van der Waals surface area contributed by atoms with E-state index in [4.69, 9.17) is 21.1 Å². The van der Waals surface area contributed by atoms with Gasteiger partial charge in [-0.25, -0.2) is 9.99 Å². The van der Waals surface area contributed by atoms with Gasteiger partial charge in [0.15, 0.2) is 0 Å². The minimum Gasteiger partial charge on any atom is -0.497 e. The van der Waals surface area contributed by atoms with Gasteiger partial charge in [-0.05, 0) is 42.0 Å². The molecule has 0 saturated carbocycles. The van der Waals surface area contributed by atoms with Gasteiger partial charge in [0.25, 0.3) is 0 Å². The number of rotatable bonds is 4. The van der Waals surface area contributed by atoms with Crippen LogP contribution in [0.15, 0.2) is 53.6 Å². The minimum atomic E-state index is -0.319. The molecule has 0 unspecified atom stereocenters. The number of hydrogen-bond donors (Lipinski definition) is 0. The van der Waals surface area contributed by atoms with E-state index >= 15 is 0 Å². The molecule has 0 saturated heterocycles. The number of pyridine rings is 1. The van der Waals surface area contributed by atoms with E-state index in [9.17, 15) is 4.79 Å². The SMILES string of the molecule is COc1ccc(C2=NN(C(C)=O)[C@@H](c3cc4cccc(OC)c4nc3Cl)C2)cc1. The topological polar surface area (TPSA) is 64.0 Å². The van der Waals surface area contributed by atoms with Crippen molar-refractivity contribution in [1.29, 1.82) is 0 Å². The molecule has 148 valence electrons. The van der Waals surface area contributed by atoms with Crippen molar-refractivity contribution in [3.05, 3.63) is 64.8 Å². The Labute approximate surface area is 173 Å². The van der Waals surface area contributed by atoms with E-state index in [0.717, 1.165) is 28.0 Å². The Morgan fingerprint density at radius 1 is 1.14 bits per heavy atom. The number of amides is 1. The maximum atomic E-state index is 12.3. The van der Waals surface area contributed by atoms with E-state index in [0.29, 0.717) is 22.8 Å². The molecule has 4 rings (SSSR count). The standard InChI is InChI=1S/C22H20ClN3O3/c1-13(27)26-19(12-18(25-26)14-7-9-16(28-2)10-8-14)17-11-15-5-4-6-20(29-3)21(15)24-22(17)23/h4-11,19H,12H2,1-3H3/t19-/m1/s1. The first-order valence-corrected chi connectivity index (χ1v) is 9.54. The van der Waals surface area contributed by atoms with Gasteiger partial charge < -0.3 is 9.47 Å². The lowest BCUT2D eigenvalue weighted by Gasteiger charge is -2.21. The molecule has 1 aliphatic heterocycles. The second-order valence-electron chi connectivity index (χ2n) is 6.76. The van der Waals surface area contributed by atoms with Crippen molar-refractivity contribution in [2.75, 3.05) is 14.2 Å². The summed E-state index contributed by atoms with van der Waals surface area (Å²) < 4.78 is 10.6. The van der Waals surface area contributed by atoms with Crippen LogP contribution in [0.3, 0.4) is 0 Å². The summed E-state index contributed by atoms with van der Waals surface area (Å²) in [6, 6.07) is 14.9. The fourth-order valence-corrected chi connectivity index (χ4v) is 3.83. The van der Waals surface area contributed by atoms with Crippen LogP contribution in [0.5, 0.6) is 11.5 Å². The number of nitrogens with zero attached hydrogens (tertiary/aromatic N) is 3. The first-order valence-electron chi connectivity index (χ1n) is 9.16. The van der Waals surface area contributed by atoms with Crippen LogP contribution in [-0.4, -0.2) is 35.8 Å². The summed E-state index contributed by atoms with van der Waals surface area (Å²) in [5.74, 6) is 1.27. The van der Waals surface area contributed by atoms with Gasteiger partial charge in [0.2, 0.25) is 5.91 Å². The van der Waals surface area contributed by atoms with Crippen LogP contribution in [0.4, 0.5) is 0 Å². The zero-order valence-corrected chi connectivity index (χ0v) is 17.1. The molecule has 0 fully saturated rings. The fraction of sp³-hybridized carbons (Fsp3) is 0.227. The Morgan fingerprint density at radius 3 is 2.55 bits per heavy atom. The number of hydrogen-bond acceptors (Lipinski definition) is 5. The fourth-order valence-electron chi connectivity index (χ4n) is 3.56. The molecule has 1 amide bonds. The van der Waals surface area contributed by atoms with Crippen molar-refractivity contribution in [2.45, 2.75) is 19.4 Å². The Hall–Kier alpha value is -3.12. The van der Waals surface area contributed by atoms with Gasteiger partial charge in [-0.1, -0.05) is 23.7 Å². The summed E-state index contributed by atoms with van der Waals surface area (Å²) in [4.78, 5) is 16.8. The number of benzene rings is 2. The Kier molecular flexibility index (Phi) is 5.11. The van der Waals surface area contributed by atoms with Gasteiger partial charge in [-0.3, -0.25) is 4.79 Å². The molecule has 0 aliphatic carbocycles. The van der Waals surface area contributed by atoms with Gasteiger partial charge in [0.1, 0.15) is 22.2 Å². The molecule has 1 aromatic heterocycles. The number of halogens is 1. The highest BCUT2D eigenvalue weighted by Gasteiger charge is 2.33. The van der Waals surface area contributed by atoms with Crippen LogP contribution in [0.2, 0.25) is 5.15 Å². The molecule has 1 atom stereocenters. The van der Waals surface area contributed by atoms with Crippen molar-refractivity contribution in [3.8, 4) is 11.5 Å². The predicted octanol–water partition coefficient (Wildman–Crippen LogP) is 4.60. The largest absolute Gasteiger partial charge is 0.497 e. The van der Waals surface area contributed by atoms with Gasteiger partial charge in [0, 0.05) is 24.3 Å². The number of methoxy groups -OCH3 is 2. The molecule has 29 heavy (non-hydrogen) atoms. The molecular weight excluding hydrogens is 390 g/mol. The molecule has 1 aliphatic rings. The molecule has 3 aromatic rings. The zero-order chi connectivity index (χ0) is 20.5. The lowest BCUT2D eigenvalue weighted by Crippen LogP contribution is -2.24. The second kappa shape index (κ2) is 7.72. The minimum absolute atomic E-state index is 0.152. The van der Waals surface area contributed by atoms with E-state index in [-0.39, 0.29) is 11.9 Å². The third kappa shape index (κ3) is 3.51. The Morgan fingerprint density at radius 2 is 1.90 bits per heavy atom. The molecule has 0 spiro atoms. The third-order valence-corrected chi connectivity index (χ3v) is 5.33. The first-order chi connectivity index (χ1) is 14.0. The van der Waals surface area contributed by atoms with Crippen LogP contribution >= 0.6 is 11.6 Å². The number of hydrazone groups is 1. The number of fused-ring (bicyclic) bond motifs is 1. The Balaban J connectivity index is 1.74. The summed E-state index contributed by atoms with van der Waals surface area (Å²) in [5, 5.41) is 7.29. The first kappa shape index (κ1) is 19.2. The predicted molar refractivity (Wildman–Crippen MR) is 113 cm³/mol. The number of para-hydroxylation sites is 1. The monoisotopic (exact) mass is 409 g/mol. The van der Waals surface area contributed by atoms with Crippen molar-refractivity contribution in [2.24, 2.45) is 5.10 Å². The molecule has 0 bridgehead atoms. The van der Waals surface area contributed by atoms with Crippen molar-refractivity contribution in [1.82, 2.24) is 9.99 Å². The lowest BCUT2D eigenvalue weighted by atomic mass is 9.98. The number of carbonyl (C=O) groups is 1. The lowest BCUT2D eigenvalue weighted by molar-refractivity contribution is -0.130. The zero-order valence-electron chi connectivity index (χ0n) is 16.3. The van der Waals surface area contributed by atoms with E-state index in [1.807, 2.05) is 48.5 Å². The van der Waals surface area contributed by atoms with Crippen LogP contribution in [0, 0.1) is 0 Å². The number of aromatic nitrogens is 1. The van der Waals surface area contributed by atoms with Crippen molar-refractivity contribution < 1.29 is 14.3 Å². The third-order valence-electron chi connectivity index (χ3n) is 5.02.